The number of nitrogens with one attached hydrogen (secondary N) is 1. The molecule has 0 heterocycles. The largest absolute Gasteiger partial charge is 0.379 e. The highest BCUT2D eigenvalue weighted by Gasteiger charge is 1.71. The first-order valence-corrected chi connectivity index (χ1v) is 2.38. The molecule has 0 aromatic heterocycles. The summed E-state index contributed by atoms with van der Waals surface area (Å²) in [7, 11) is 0. The van der Waals surface area contributed by atoms with Crippen LogP contribution in [0.15, 0.2) is 0 Å². The first kappa shape index (κ1) is 4.82. The van der Waals surface area contributed by atoms with Gasteiger partial charge < -0.3 is 5.73 Å². The van der Waals surface area contributed by atoms with Crippen LogP contribution in [0.5, 0.6) is 0 Å². The predicted molar refractivity (Wildman–Crippen MR) is 25.4 cm³/mol. The van der Waals surface area contributed by atoms with Crippen molar-refractivity contribution in [3.8, 4) is 0 Å². The van der Waals surface area contributed by atoms with Crippen molar-refractivity contribution in [3.05, 3.63) is 0 Å². The van der Waals surface area contributed by atoms with Gasteiger partial charge in [0.2, 0.25) is 0 Å². The van der Waals surface area contributed by atoms with E-state index in [2.05, 4.69) is 0 Å². The number of nitrogens with two attached hydrogens (primary N) is 1. The van der Waals surface area contributed by atoms with Crippen LogP contribution in [0.4, 0.5) is 0 Å². The van der Waals surface area contributed by atoms with E-state index in [0.29, 0.717) is 0 Å². The van der Waals surface area contributed by atoms with Gasteiger partial charge in [-0.05, 0) is 6.26 Å². The monoisotopic (exact) mass is 92.0 g/mol. The van der Waals surface area contributed by atoms with E-state index in [0.717, 1.165) is 0 Å². The van der Waals surface area contributed by atoms with E-state index < -0.39 is 0 Å². The lowest BCUT2D eigenvalue weighted by atomic mass is 12.0. The Balaban J connectivity index is 2.85. The number of hydrogen-bond acceptors (Lipinski definition) is 2. The Kier molecular flexibility index (Phi) is 2.01. The standard InChI is InChI=1S/C2H6N2S/c1-5-2(3)4/h1H3,(H3,3,4)/i2+2. The van der Waals surface area contributed by atoms with Crippen LogP contribution < -0.4 is 5.73 Å². The lowest BCUT2D eigenvalue weighted by Crippen LogP contribution is -2.01. The molecule has 0 atom stereocenters. The molecule has 3 N–H and O–H groups in total. The summed E-state index contributed by atoms with van der Waals surface area (Å²) in [5, 5.41) is 6.66. The van der Waals surface area contributed by atoms with E-state index in [1.165, 1.54) is 11.8 Å². The van der Waals surface area contributed by atoms with E-state index in [-0.39, 0.29) is 5.17 Å². The van der Waals surface area contributed by atoms with Gasteiger partial charge in [0.05, 0.1) is 0 Å². The highest BCUT2D eigenvalue weighted by Crippen LogP contribution is 1.83. The summed E-state index contributed by atoms with van der Waals surface area (Å²) >= 11 is 1.24. The van der Waals surface area contributed by atoms with Crippen LogP contribution in [0.1, 0.15) is 0 Å². The fourth-order valence-corrected chi connectivity index (χ4v) is 0. The topological polar surface area (TPSA) is 49.9 Å². The van der Waals surface area contributed by atoms with Gasteiger partial charge in [-0.1, -0.05) is 11.8 Å². The Morgan fingerprint density at radius 3 is 2.20 bits per heavy atom. The highest BCUT2D eigenvalue weighted by atomic mass is 32.2. The average molecular weight is 92.1 g/mol. The third-order valence-corrected chi connectivity index (χ3v) is 0.660. The Hall–Kier alpha value is -0.180. The molecule has 0 aliphatic carbocycles. The fourth-order valence-electron chi connectivity index (χ4n) is 0. The minimum absolute atomic E-state index is 0.171. The van der Waals surface area contributed by atoms with Gasteiger partial charge in [0.25, 0.3) is 0 Å². The van der Waals surface area contributed by atoms with Gasteiger partial charge in [-0.3, -0.25) is 5.41 Å². The van der Waals surface area contributed by atoms with Crippen molar-refractivity contribution in [2.75, 3.05) is 6.26 Å². The second kappa shape index (κ2) is 2.08. The van der Waals surface area contributed by atoms with E-state index in [1.807, 2.05) is 0 Å². The van der Waals surface area contributed by atoms with E-state index in [9.17, 15) is 0 Å². The molecular weight excluding hydrogens is 86.1 g/mol. The van der Waals surface area contributed by atoms with Crippen LogP contribution in [0.2, 0.25) is 0 Å². The molecule has 0 unspecified atom stereocenters. The van der Waals surface area contributed by atoms with Crippen LogP contribution in [-0.4, -0.2) is 11.4 Å². The molecule has 0 saturated heterocycles. The number of amidine groups is 1. The first-order chi connectivity index (χ1) is 2.27. The van der Waals surface area contributed by atoms with Gasteiger partial charge in [-0.15, -0.1) is 0 Å². The minimum Gasteiger partial charge on any atom is -0.379 e. The molecule has 0 rings (SSSR count). The molecule has 0 aromatic carbocycles. The molecule has 0 fully saturated rings. The smallest absolute Gasteiger partial charge is 0.150 e. The molecule has 3 heteroatoms. The molecule has 0 aliphatic heterocycles. The van der Waals surface area contributed by atoms with Crippen LogP contribution in [0.3, 0.4) is 0 Å². The van der Waals surface area contributed by atoms with Crippen molar-refractivity contribution in [2.45, 2.75) is 0 Å². The maximum Gasteiger partial charge on any atom is 0.150 e. The Morgan fingerprint density at radius 2 is 2.20 bits per heavy atom. The molecule has 30 valence electrons. The summed E-state index contributed by atoms with van der Waals surface area (Å²) < 4.78 is 0. The molecule has 2 nitrogen and oxygen atoms in total. The zero-order valence-corrected chi connectivity index (χ0v) is 3.80. The van der Waals surface area contributed by atoms with E-state index in [4.69, 9.17) is 11.1 Å². The predicted octanol–water partition coefficient (Wildman–Crippen LogP) is 0.243. The van der Waals surface area contributed by atoms with Gasteiger partial charge in [-0.25, -0.2) is 0 Å². The van der Waals surface area contributed by atoms with Crippen molar-refractivity contribution in [3.63, 3.8) is 0 Å². The van der Waals surface area contributed by atoms with Gasteiger partial charge >= 0.3 is 0 Å². The number of rotatable bonds is 0. The molecule has 0 amide bonds. The van der Waals surface area contributed by atoms with Crippen LogP contribution in [0, 0.1) is 5.41 Å². The maximum absolute atomic E-state index is 6.48. The lowest BCUT2D eigenvalue weighted by Gasteiger charge is -1.78. The lowest BCUT2D eigenvalue weighted by molar-refractivity contribution is 1.51. The van der Waals surface area contributed by atoms with Crippen LogP contribution >= 0.6 is 11.8 Å². The van der Waals surface area contributed by atoms with Crippen LogP contribution in [0.25, 0.3) is 0 Å². The first-order valence-electron chi connectivity index (χ1n) is 1.15. The van der Waals surface area contributed by atoms with Crippen LogP contribution in [-0.2, 0) is 0 Å². The molecule has 0 saturated carbocycles. The van der Waals surface area contributed by atoms with Gasteiger partial charge in [-0.2, -0.15) is 0 Å². The molecule has 0 aliphatic rings. The van der Waals surface area contributed by atoms with Gasteiger partial charge in [0, 0.05) is 0 Å². The van der Waals surface area contributed by atoms with Crippen molar-refractivity contribution in [2.24, 2.45) is 5.73 Å². The second-order valence-electron chi connectivity index (χ2n) is 0.568. The third kappa shape index (κ3) is 3.82. The van der Waals surface area contributed by atoms with Crippen molar-refractivity contribution in [1.82, 2.24) is 0 Å². The number of thioether (sulfide) groups is 1. The molecule has 5 heavy (non-hydrogen) atoms. The average Bonchev–Trinajstić information content (AvgIpc) is 1.38. The summed E-state index contributed by atoms with van der Waals surface area (Å²) in [6.07, 6.45) is 1.77. The highest BCUT2D eigenvalue weighted by molar-refractivity contribution is 8.13. The van der Waals surface area contributed by atoms with E-state index in [1.54, 1.807) is 6.26 Å². The molecule has 0 bridgehead atoms. The summed E-state index contributed by atoms with van der Waals surface area (Å²) in [6.45, 7) is 0. The normalized spacial score (nSPS) is 7.40. The van der Waals surface area contributed by atoms with Crippen molar-refractivity contribution < 1.29 is 0 Å². The Labute approximate surface area is 35.3 Å². The third-order valence-electron chi connectivity index (χ3n) is 0.220. The fraction of sp³-hybridized carbons (Fsp3) is 0.500. The maximum atomic E-state index is 6.48. The van der Waals surface area contributed by atoms with Gasteiger partial charge in [0.15, 0.2) is 5.17 Å². The zero-order chi connectivity index (χ0) is 4.28. The summed E-state index contributed by atoms with van der Waals surface area (Å²) in [5.41, 5.74) is 4.84. The molecule has 0 aromatic rings. The van der Waals surface area contributed by atoms with E-state index >= 15 is 0 Å². The molecule has 0 radical (unpaired) electrons. The summed E-state index contributed by atoms with van der Waals surface area (Å²) in [5.74, 6) is 0. The zero-order valence-electron chi connectivity index (χ0n) is 2.99. The number of hydrogen-bond donors (Lipinski definition) is 2. The minimum atomic E-state index is 0.171. The second-order valence-corrected chi connectivity index (χ2v) is 1.42. The molecular formula is C2H6N2S. The summed E-state index contributed by atoms with van der Waals surface area (Å²) in [4.78, 5) is 0. The van der Waals surface area contributed by atoms with Crippen molar-refractivity contribution in [1.29, 1.82) is 5.41 Å². The van der Waals surface area contributed by atoms with Gasteiger partial charge in [0.1, 0.15) is 0 Å². The van der Waals surface area contributed by atoms with Crippen molar-refractivity contribution >= 4 is 16.9 Å². The Bertz CT molecular complexity index is 42.9. The Morgan fingerprint density at radius 1 is 2.00 bits per heavy atom. The SMILES string of the molecule is CS[14C](=N)N. The quantitative estimate of drug-likeness (QED) is 0.332. The molecule has 0 spiro atoms. The summed E-state index contributed by atoms with van der Waals surface area (Å²) in [6, 6.07) is 0.